The summed E-state index contributed by atoms with van der Waals surface area (Å²) >= 11 is 0. The van der Waals surface area contributed by atoms with Crippen LogP contribution in [0.3, 0.4) is 0 Å². The SMILES string of the molecule is C[C@H]1CN(C(=O)OCc2ccccc2)C[C@@H](N)[C@@H]1O. The Morgan fingerprint density at radius 2 is 2.11 bits per heavy atom. The molecule has 1 aromatic carbocycles. The fourth-order valence-electron chi connectivity index (χ4n) is 2.27. The van der Waals surface area contributed by atoms with Crippen LogP contribution in [0.1, 0.15) is 12.5 Å². The highest BCUT2D eigenvalue weighted by atomic mass is 16.6. The molecular formula is C14H20N2O3. The van der Waals surface area contributed by atoms with Crippen LogP contribution in [-0.4, -0.2) is 41.3 Å². The Morgan fingerprint density at radius 1 is 1.42 bits per heavy atom. The van der Waals surface area contributed by atoms with Gasteiger partial charge in [-0.05, 0) is 5.56 Å². The van der Waals surface area contributed by atoms with Crippen LogP contribution in [0.4, 0.5) is 4.79 Å². The van der Waals surface area contributed by atoms with Crippen LogP contribution in [0, 0.1) is 5.92 Å². The molecule has 0 radical (unpaired) electrons. The number of hydrogen-bond acceptors (Lipinski definition) is 4. The van der Waals surface area contributed by atoms with Crippen LogP contribution in [-0.2, 0) is 11.3 Å². The van der Waals surface area contributed by atoms with Gasteiger partial charge in [-0.2, -0.15) is 0 Å². The molecular weight excluding hydrogens is 244 g/mol. The van der Waals surface area contributed by atoms with E-state index in [1.165, 1.54) is 0 Å². The quantitative estimate of drug-likeness (QED) is 0.834. The molecule has 1 saturated heterocycles. The molecule has 0 unspecified atom stereocenters. The largest absolute Gasteiger partial charge is 0.445 e. The first kappa shape index (κ1) is 13.8. The number of nitrogens with zero attached hydrogens (tertiary/aromatic N) is 1. The van der Waals surface area contributed by atoms with Crippen molar-refractivity contribution in [1.29, 1.82) is 0 Å². The van der Waals surface area contributed by atoms with Crippen LogP contribution >= 0.6 is 0 Å². The molecule has 1 amide bonds. The standard InChI is InChI=1S/C14H20N2O3/c1-10-7-16(8-12(15)13(10)17)14(18)19-9-11-5-3-2-4-6-11/h2-6,10,12-13,17H,7-9,15H2,1H3/t10-,12+,13+/m0/s1. The second-order valence-electron chi connectivity index (χ2n) is 5.08. The Morgan fingerprint density at radius 3 is 2.74 bits per heavy atom. The van der Waals surface area contributed by atoms with Crippen molar-refractivity contribution in [2.24, 2.45) is 11.7 Å². The highest BCUT2D eigenvalue weighted by Crippen LogP contribution is 2.17. The van der Waals surface area contributed by atoms with E-state index in [2.05, 4.69) is 0 Å². The Kier molecular flexibility index (Phi) is 4.39. The summed E-state index contributed by atoms with van der Waals surface area (Å²) in [6.07, 6.45) is -0.934. The minimum absolute atomic E-state index is 0.0342. The molecule has 0 saturated carbocycles. The molecule has 1 aliphatic heterocycles. The summed E-state index contributed by atoms with van der Waals surface area (Å²) in [5.41, 5.74) is 6.75. The Bertz CT molecular complexity index is 412. The zero-order valence-corrected chi connectivity index (χ0v) is 11.0. The van der Waals surface area contributed by atoms with E-state index in [1.54, 1.807) is 4.90 Å². The van der Waals surface area contributed by atoms with Gasteiger partial charge in [-0.3, -0.25) is 0 Å². The number of rotatable bonds is 2. The number of nitrogens with two attached hydrogens (primary N) is 1. The lowest BCUT2D eigenvalue weighted by atomic mass is 9.93. The first-order chi connectivity index (χ1) is 9.08. The van der Waals surface area contributed by atoms with Crippen molar-refractivity contribution < 1.29 is 14.6 Å². The molecule has 5 heteroatoms. The average molecular weight is 264 g/mol. The first-order valence-electron chi connectivity index (χ1n) is 6.47. The number of likely N-dealkylation sites (tertiary alicyclic amines) is 1. The highest BCUT2D eigenvalue weighted by molar-refractivity contribution is 5.68. The van der Waals surface area contributed by atoms with Gasteiger partial charge in [0.2, 0.25) is 0 Å². The van der Waals surface area contributed by atoms with Crippen molar-refractivity contribution in [3.8, 4) is 0 Å². The minimum atomic E-state index is -0.557. The fourth-order valence-corrected chi connectivity index (χ4v) is 2.27. The zero-order chi connectivity index (χ0) is 13.8. The highest BCUT2D eigenvalue weighted by Gasteiger charge is 2.33. The smallest absolute Gasteiger partial charge is 0.410 e. The molecule has 19 heavy (non-hydrogen) atoms. The molecule has 5 nitrogen and oxygen atoms in total. The zero-order valence-electron chi connectivity index (χ0n) is 11.0. The maximum absolute atomic E-state index is 11.9. The number of aliphatic hydroxyl groups excluding tert-OH is 1. The monoisotopic (exact) mass is 264 g/mol. The number of ether oxygens (including phenoxy) is 1. The van der Waals surface area contributed by atoms with Gasteiger partial charge in [0, 0.05) is 25.0 Å². The Hall–Kier alpha value is -1.59. The van der Waals surface area contributed by atoms with Crippen LogP contribution in [0.15, 0.2) is 30.3 Å². The number of aliphatic hydroxyl groups is 1. The number of carbonyl (C=O) groups is 1. The lowest BCUT2D eigenvalue weighted by Crippen LogP contribution is -2.57. The van der Waals surface area contributed by atoms with Gasteiger partial charge in [0.05, 0.1) is 6.10 Å². The minimum Gasteiger partial charge on any atom is -0.445 e. The number of benzene rings is 1. The van der Waals surface area contributed by atoms with Crippen molar-refractivity contribution >= 4 is 6.09 Å². The maximum atomic E-state index is 11.9. The lowest BCUT2D eigenvalue weighted by molar-refractivity contribution is 0.0112. The van der Waals surface area contributed by atoms with E-state index in [0.717, 1.165) is 5.56 Å². The average Bonchev–Trinajstić information content (AvgIpc) is 2.42. The van der Waals surface area contributed by atoms with Gasteiger partial charge in [-0.25, -0.2) is 4.79 Å². The van der Waals surface area contributed by atoms with Crippen molar-refractivity contribution in [3.05, 3.63) is 35.9 Å². The number of carbonyl (C=O) groups excluding carboxylic acids is 1. The number of amides is 1. The molecule has 0 bridgehead atoms. The van der Waals surface area contributed by atoms with Gasteiger partial charge in [0.25, 0.3) is 0 Å². The predicted molar refractivity (Wildman–Crippen MR) is 71.3 cm³/mol. The molecule has 3 N–H and O–H groups in total. The third-order valence-electron chi connectivity index (χ3n) is 3.42. The van der Waals surface area contributed by atoms with Gasteiger partial charge in [-0.1, -0.05) is 37.3 Å². The van der Waals surface area contributed by atoms with E-state index in [4.69, 9.17) is 10.5 Å². The predicted octanol–water partition coefficient (Wildman–Crippen LogP) is 0.963. The van der Waals surface area contributed by atoms with Crippen LogP contribution in [0.5, 0.6) is 0 Å². The second-order valence-corrected chi connectivity index (χ2v) is 5.08. The Balaban J connectivity index is 1.87. The van der Waals surface area contributed by atoms with Crippen molar-refractivity contribution in [2.45, 2.75) is 25.7 Å². The summed E-state index contributed by atoms with van der Waals surface area (Å²) in [5.74, 6) is -0.0342. The van der Waals surface area contributed by atoms with Gasteiger partial charge in [-0.15, -0.1) is 0 Å². The molecule has 3 atom stereocenters. The first-order valence-corrected chi connectivity index (χ1v) is 6.47. The van der Waals surface area contributed by atoms with Crippen LogP contribution in [0.2, 0.25) is 0 Å². The molecule has 0 aromatic heterocycles. The molecule has 0 spiro atoms. The van der Waals surface area contributed by atoms with E-state index < -0.39 is 12.1 Å². The third-order valence-corrected chi connectivity index (χ3v) is 3.42. The van der Waals surface area contributed by atoms with Gasteiger partial charge in [0.1, 0.15) is 6.61 Å². The van der Waals surface area contributed by atoms with E-state index in [-0.39, 0.29) is 18.6 Å². The summed E-state index contributed by atoms with van der Waals surface area (Å²) in [6.45, 7) is 2.94. The van der Waals surface area contributed by atoms with Gasteiger partial charge < -0.3 is 20.5 Å². The van der Waals surface area contributed by atoms with Gasteiger partial charge in [0.15, 0.2) is 0 Å². The fraction of sp³-hybridized carbons (Fsp3) is 0.500. The van der Waals surface area contributed by atoms with Crippen molar-refractivity contribution in [1.82, 2.24) is 4.90 Å². The number of hydrogen-bond donors (Lipinski definition) is 2. The van der Waals surface area contributed by atoms with Crippen LogP contribution < -0.4 is 5.73 Å². The molecule has 1 heterocycles. The van der Waals surface area contributed by atoms with E-state index in [9.17, 15) is 9.90 Å². The van der Waals surface area contributed by atoms with Crippen LogP contribution in [0.25, 0.3) is 0 Å². The normalized spacial score (nSPS) is 27.1. The van der Waals surface area contributed by atoms with Crippen molar-refractivity contribution in [2.75, 3.05) is 13.1 Å². The summed E-state index contributed by atoms with van der Waals surface area (Å²) in [5, 5.41) is 9.75. The molecule has 1 aromatic rings. The molecule has 1 aliphatic rings. The third kappa shape index (κ3) is 3.45. The molecule has 1 fully saturated rings. The topological polar surface area (TPSA) is 75.8 Å². The van der Waals surface area contributed by atoms with E-state index in [1.807, 2.05) is 37.3 Å². The molecule has 104 valence electrons. The maximum Gasteiger partial charge on any atom is 0.410 e. The van der Waals surface area contributed by atoms with E-state index in [0.29, 0.717) is 13.1 Å². The summed E-state index contributed by atoms with van der Waals surface area (Å²) < 4.78 is 5.25. The van der Waals surface area contributed by atoms with Gasteiger partial charge >= 0.3 is 6.09 Å². The Labute approximate surface area is 113 Å². The summed E-state index contributed by atoms with van der Waals surface area (Å²) in [7, 11) is 0. The second kappa shape index (κ2) is 6.04. The summed E-state index contributed by atoms with van der Waals surface area (Å²) in [6, 6.07) is 9.12. The van der Waals surface area contributed by atoms with E-state index >= 15 is 0 Å². The molecule has 2 rings (SSSR count). The summed E-state index contributed by atoms with van der Waals surface area (Å²) in [4.78, 5) is 13.5. The molecule has 0 aliphatic carbocycles. The number of piperidine rings is 1. The van der Waals surface area contributed by atoms with Crippen molar-refractivity contribution in [3.63, 3.8) is 0 Å². The lowest BCUT2D eigenvalue weighted by Gasteiger charge is -2.37.